The summed E-state index contributed by atoms with van der Waals surface area (Å²) in [6.45, 7) is 0. The summed E-state index contributed by atoms with van der Waals surface area (Å²) in [5.74, 6) is 1.38. The number of fused-ring (bicyclic) bond motifs is 3. The van der Waals surface area contributed by atoms with Crippen LogP contribution in [0, 0.1) is 0 Å². The van der Waals surface area contributed by atoms with Gasteiger partial charge in [0.1, 0.15) is 11.5 Å². The van der Waals surface area contributed by atoms with E-state index in [1.54, 1.807) is 13.2 Å². The number of hydrogen-bond acceptors (Lipinski definition) is 5. The third-order valence-corrected chi connectivity index (χ3v) is 7.58. The molecule has 1 aliphatic carbocycles. The Bertz CT molecular complexity index is 1610. The van der Waals surface area contributed by atoms with Gasteiger partial charge >= 0.3 is 0 Å². The van der Waals surface area contributed by atoms with Crippen LogP contribution >= 0.6 is 27.3 Å². The number of benzene rings is 2. The Morgan fingerprint density at radius 3 is 2.76 bits per heavy atom. The number of allylic oxidation sites excluding steroid dienone is 1. The fourth-order valence-electron chi connectivity index (χ4n) is 4.73. The van der Waals surface area contributed by atoms with Crippen molar-refractivity contribution in [3.8, 4) is 5.75 Å². The molecule has 33 heavy (non-hydrogen) atoms. The van der Waals surface area contributed by atoms with E-state index in [2.05, 4.69) is 34.1 Å². The van der Waals surface area contributed by atoms with Gasteiger partial charge in [-0.25, -0.2) is 4.99 Å². The lowest BCUT2D eigenvalue weighted by Gasteiger charge is -2.31. The van der Waals surface area contributed by atoms with Crippen LogP contribution in [-0.4, -0.2) is 11.7 Å². The molecule has 1 aliphatic heterocycles. The van der Waals surface area contributed by atoms with Gasteiger partial charge in [-0.05, 0) is 58.1 Å². The van der Waals surface area contributed by atoms with Gasteiger partial charge in [-0.2, -0.15) is 0 Å². The standard InChI is InChI=1S/C26H19BrN2O3S/c1-31-20-9-5-4-8-18(20)24-19-12-10-15-6-2-3-7-17(15)23(19)28-26-29(24)25(30)21(33-26)14-16-11-13-22(27)32-16/h2-9,11,13-14,24H,10,12H2,1H3. The number of aromatic nitrogens is 1. The predicted molar refractivity (Wildman–Crippen MR) is 132 cm³/mol. The predicted octanol–water partition coefficient (Wildman–Crippen LogP) is 4.68. The Labute approximate surface area is 202 Å². The van der Waals surface area contributed by atoms with Gasteiger partial charge in [0.15, 0.2) is 9.47 Å². The van der Waals surface area contributed by atoms with Gasteiger partial charge in [0, 0.05) is 17.2 Å². The number of thiazole rings is 1. The number of para-hydroxylation sites is 1. The number of halogens is 1. The molecule has 2 aromatic heterocycles. The van der Waals surface area contributed by atoms with Gasteiger partial charge in [-0.1, -0.05) is 53.8 Å². The zero-order chi connectivity index (χ0) is 22.5. The van der Waals surface area contributed by atoms with Crippen LogP contribution in [0.1, 0.15) is 34.9 Å². The summed E-state index contributed by atoms with van der Waals surface area (Å²) in [7, 11) is 1.67. The largest absolute Gasteiger partial charge is 0.496 e. The Morgan fingerprint density at radius 2 is 1.94 bits per heavy atom. The van der Waals surface area contributed by atoms with Crippen molar-refractivity contribution in [2.24, 2.45) is 4.99 Å². The Balaban J connectivity index is 1.66. The topological polar surface area (TPSA) is 56.7 Å². The third-order valence-electron chi connectivity index (χ3n) is 6.17. The smallest absolute Gasteiger partial charge is 0.271 e. The molecule has 0 spiro atoms. The molecule has 0 saturated carbocycles. The van der Waals surface area contributed by atoms with Crippen molar-refractivity contribution in [2.45, 2.75) is 18.9 Å². The van der Waals surface area contributed by atoms with Crippen molar-refractivity contribution < 1.29 is 9.15 Å². The second-order valence-electron chi connectivity index (χ2n) is 8.00. The van der Waals surface area contributed by atoms with E-state index in [0.29, 0.717) is 19.8 Å². The maximum absolute atomic E-state index is 13.7. The molecule has 2 aliphatic rings. The molecule has 2 aromatic carbocycles. The number of nitrogens with zero attached hydrogens (tertiary/aromatic N) is 2. The molecule has 3 heterocycles. The van der Waals surface area contributed by atoms with Gasteiger partial charge in [-0.15, -0.1) is 0 Å². The second-order valence-corrected chi connectivity index (χ2v) is 9.79. The molecular weight excluding hydrogens is 500 g/mol. The first-order valence-electron chi connectivity index (χ1n) is 10.7. The van der Waals surface area contributed by atoms with Crippen LogP contribution in [-0.2, 0) is 6.42 Å². The molecular formula is C26H19BrN2O3S. The van der Waals surface area contributed by atoms with E-state index in [1.165, 1.54) is 16.9 Å². The summed E-state index contributed by atoms with van der Waals surface area (Å²) < 4.78 is 14.4. The van der Waals surface area contributed by atoms with Crippen LogP contribution in [0.4, 0.5) is 0 Å². The molecule has 0 saturated heterocycles. The summed E-state index contributed by atoms with van der Waals surface area (Å²) in [4.78, 5) is 19.4. The second kappa shape index (κ2) is 8.01. The fourth-order valence-corrected chi connectivity index (χ4v) is 6.03. The molecule has 6 rings (SSSR count). The first-order valence-corrected chi connectivity index (χ1v) is 12.3. The minimum absolute atomic E-state index is 0.0763. The van der Waals surface area contributed by atoms with E-state index in [9.17, 15) is 4.79 Å². The van der Waals surface area contributed by atoms with Gasteiger partial charge in [0.25, 0.3) is 5.56 Å². The van der Waals surface area contributed by atoms with E-state index >= 15 is 0 Å². The normalized spacial score (nSPS) is 17.3. The van der Waals surface area contributed by atoms with E-state index < -0.39 is 0 Å². The minimum atomic E-state index is -0.272. The molecule has 1 unspecified atom stereocenters. The maximum Gasteiger partial charge on any atom is 0.271 e. The van der Waals surface area contributed by atoms with Crippen molar-refractivity contribution in [2.75, 3.05) is 7.11 Å². The van der Waals surface area contributed by atoms with Gasteiger partial charge in [0.2, 0.25) is 0 Å². The van der Waals surface area contributed by atoms with Crippen LogP contribution in [0.3, 0.4) is 0 Å². The minimum Gasteiger partial charge on any atom is -0.496 e. The molecule has 0 bridgehead atoms. The van der Waals surface area contributed by atoms with Crippen LogP contribution < -0.4 is 19.6 Å². The van der Waals surface area contributed by atoms with Crippen LogP contribution in [0.5, 0.6) is 5.75 Å². The highest BCUT2D eigenvalue weighted by Crippen LogP contribution is 2.43. The highest BCUT2D eigenvalue weighted by Gasteiger charge is 2.33. The van der Waals surface area contributed by atoms with Crippen LogP contribution in [0.2, 0.25) is 0 Å². The molecule has 7 heteroatoms. The summed E-state index contributed by atoms with van der Waals surface area (Å²) in [5, 5.41) is 0. The Kier molecular flexibility index (Phi) is 4.96. The van der Waals surface area contributed by atoms with E-state index in [0.717, 1.165) is 41.0 Å². The SMILES string of the molecule is COc1ccccc1C1C2=C(N=c3sc(=Cc4ccc(Br)o4)c(=O)n31)c1ccccc1CC2. The van der Waals surface area contributed by atoms with Crippen LogP contribution in [0.15, 0.2) is 85.1 Å². The average molecular weight is 519 g/mol. The molecule has 4 aromatic rings. The molecule has 0 radical (unpaired) electrons. The lowest BCUT2D eigenvalue weighted by molar-refractivity contribution is 0.402. The third kappa shape index (κ3) is 3.34. The van der Waals surface area contributed by atoms with Gasteiger partial charge in [0.05, 0.1) is 23.4 Å². The zero-order valence-corrected chi connectivity index (χ0v) is 20.2. The lowest BCUT2D eigenvalue weighted by Crippen LogP contribution is -2.38. The number of hydrogen-bond donors (Lipinski definition) is 0. The Morgan fingerprint density at radius 1 is 1.12 bits per heavy atom. The maximum atomic E-state index is 13.7. The number of ether oxygens (including phenoxy) is 1. The number of furan rings is 1. The monoisotopic (exact) mass is 518 g/mol. The average Bonchev–Trinajstić information content (AvgIpc) is 3.40. The van der Waals surface area contributed by atoms with Crippen molar-refractivity contribution >= 4 is 39.0 Å². The Hall–Kier alpha value is -3.16. The van der Waals surface area contributed by atoms with Crippen molar-refractivity contribution in [3.63, 3.8) is 0 Å². The number of aryl methyl sites for hydroxylation is 1. The molecule has 0 amide bonds. The van der Waals surface area contributed by atoms with E-state index in [1.807, 2.05) is 47.0 Å². The van der Waals surface area contributed by atoms with Crippen LogP contribution in [0.25, 0.3) is 11.8 Å². The molecule has 164 valence electrons. The molecule has 5 nitrogen and oxygen atoms in total. The van der Waals surface area contributed by atoms with Crippen molar-refractivity contribution in [1.29, 1.82) is 0 Å². The molecule has 0 N–H and O–H groups in total. The highest BCUT2D eigenvalue weighted by molar-refractivity contribution is 9.10. The van der Waals surface area contributed by atoms with Gasteiger partial charge in [-0.3, -0.25) is 9.36 Å². The first-order chi connectivity index (χ1) is 16.1. The lowest BCUT2D eigenvalue weighted by atomic mass is 9.83. The van der Waals surface area contributed by atoms with E-state index in [-0.39, 0.29) is 11.6 Å². The van der Waals surface area contributed by atoms with Crippen molar-refractivity contribution in [3.05, 3.63) is 113 Å². The summed E-state index contributed by atoms with van der Waals surface area (Å²) in [5.41, 5.74) is 5.45. The fraction of sp³-hybridized carbons (Fsp3) is 0.154. The molecule has 1 atom stereocenters. The summed E-state index contributed by atoms with van der Waals surface area (Å²) in [6.07, 6.45) is 3.54. The number of methoxy groups -OCH3 is 1. The van der Waals surface area contributed by atoms with Crippen molar-refractivity contribution in [1.82, 2.24) is 4.57 Å². The molecule has 0 fully saturated rings. The first kappa shape index (κ1) is 20.4. The van der Waals surface area contributed by atoms with E-state index in [4.69, 9.17) is 14.1 Å². The number of rotatable bonds is 3. The summed E-state index contributed by atoms with van der Waals surface area (Å²) in [6, 6.07) is 19.7. The van der Waals surface area contributed by atoms with Gasteiger partial charge < -0.3 is 9.15 Å². The quantitative estimate of drug-likeness (QED) is 0.395. The zero-order valence-electron chi connectivity index (χ0n) is 17.7. The summed E-state index contributed by atoms with van der Waals surface area (Å²) >= 11 is 4.71. The highest BCUT2D eigenvalue weighted by atomic mass is 79.9.